The molecule has 0 aliphatic heterocycles. The van der Waals surface area contributed by atoms with Crippen molar-refractivity contribution in [3.8, 4) is 5.75 Å². The third kappa shape index (κ3) is 2.50. The molecule has 0 aliphatic rings. The average Bonchev–Trinajstić information content (AvgIpc) is 2.82. The molecule has 0 bridgehead atoms. The second-order valence-electron chi connectivity index (χ2n) is 4.25. The summed E-state index contributed by atoms with van der Waals surface area (Å²) in [6.07, 6.45) is 4.15. The van der Waals surface area contributed by atoms with E-state index in [9.17, 15) is 4.79 Å². The molecule has 19 heavy (non-hydrogen) atoms. The van der Waals surface area contributed by atoms with Crippen LogP contribution in [0.2, 0.25) is 0 Å². The van der Waals surface area contributed by atoms with Gasteiger partial charge in [0.25, 0.3) is 0 Å². The first-order valence-corrected chi connectivity index (χ1v) is 6.25. The number of nitrogens with zero attached hydrogens (tertiary/aromatic N) is 3. The maximum atomic E-state index is 12.6. The highest BCUT2D eigenvalue weighted by Gasteiger charge is 2.22. The molecule has 2 rings (SSSR count). The summed E-state index contributed by atoms with van der Waals surface area (Å²) < 4.78 is 6.92. The lowest BCUT2D eigenvalue weighted by molar-refractivity contribution is 0.102. The van der Waals surface area contributed by atoms with Crippen molar-refractivity contribution in [2.75, 3.05) is 7.11 Å². The van der Waals surface area contributed by atoms with Crippen molar-refractivity contribution in [1.82, 2.24) is 14.8 Å². The smallest absolute Gasteiger partial charge is 0.216 e. The fourth-order valence-electron chi connectivity index (χ4n) is 1.98. The minimum atomic E-state index is -0.103. The number of ketones is 1. The van der Waals surface area contributed by atoms with E-state index in [0.29, 0.717) is 29.2 Å². The summed E-state index contributed by atoms with van der Waals surface area (Å²) in [6, 6.07) is 3.53. The van der Waals surface area contributed by atoms with Crippen LogP contribution in [0.5, 0.6) is 5.75 Å². The van der Waals surface area contributed by atoms with Gasteiger partial charge in [-0.3, -0.25) is 14.5 Å². The summed E-state index contributed by atoms with van der Waals surface area (Å²) in [7, 11) is 1.54. The van der Waals surface area contributed by atoms with Gasteiger partial charge in [0.2, 0.25) is 5.78 Å². The van der Waals surface area contributed by atoms with E-state index in [2.05, 4.69) is 10.1 Å². The quantitative estimate of drug-likeness (QED) is 0.773. The Hall–Kier alpha value is -2.17. The number of hydrogen-bond donors (Lipinski definition) is 0. The van der Waals surface area contributed by atoms with Gasteiger partial charge in [0.1, 0.15) is 0 Å². The molecule has 0 atom stereocenters. The predicted molar refractivity (Wildman–Crippen MR) is 71.5 cm³/mol. The highest BCUT2D eigenvalue weighted by atomic mass is 16.5. The molecule has 0 aliphatic carbocycles. The van der Waals surface area contributed by atoms with Crippen LogP contribution in [0.15, 0.2) is 24.5 Å². The Morgan fingerprint density at radius 1 is 1.47 bits per heavy atom. The van der Waals surface area contributed by atoms with Gasteiger partial charge < -0.3 is 4.74 Å². The second kappa shape index (κ2) is 5.65. The maximum Gasteiger partial charge on any atom is 0.216 e. The SMILES string of the molecule is CCCn1ncc(OC)c1C(=O)c1cccnc1C. The second-order valence-corrected chi connectivity index (χ2v) is 4.25. The zero-order chi connectivity index (χ0) is 13.8. The van der Waals surface area contributed by atoms with Crippen LogP contribution < -0.4 is 4.74 Å². The molecule has 0 N–H and O–H groups in total. The van der Waals surface area contributed by atoms with Crippen molar-refractivity contribution in [3.05, 3.63) is 41.5 Å². The minimum Gasteiger partial charge on any atom is -0.493 e. The molecule has 0 unspecified atom stereocenters. The molecular formula is C14H17N3O2. The molecule has 0 aromatic carbocycles. The number of aryl methyl sites for hydroxylation is 2. The van der Waals surface area contributed by atoms with Gasteiger partial charge in [-0.05, 0) is 25.5 Å². The number of rotatable bonds is 5. The zero-order valence-corrected chi connectivity index (χ0v) is 11.4. The van der Waals surface area contributed by atoms with E-state index in [1.54, 1.807) is 36.3 Å². The fourth-order valence-corrected chi connectivity index (χ4v) is 1.98. The number of carbonyl (C=O) groups excluding carboxylic acids is 1. The van der Waals surface area contributed by atoms with Crippen molar-refractivity contribution in [2.45, 2.75) is 26.8 Å². The Morgan fingerprint density at radius 3 is 2.89 bits per heavy atom. The monoisotopic (exact) mass is 259 g/mol. The van der Waals surface area contributed by atoms with Gasteiger partial charge in [0.05, 0.1) is 13.3 Å². The Balaban J connectivity index is 2.48. The lowest BCUT2D eigenvalue weighted by Crippen LogP contribution is -2.14. The van der Waals surface area contributed by atoms with Crippen molar-refractivity contribution >= 4 is 5.78 Å². The van der Waals surface area contributed by atoms with E-state index in [0.717, 1.165) is 6.42 Å². The minimum absolute atomic E-state index is 0.103. The molecular weight excluding hydrogens is 242 g/mol. The fraction of sp³-hybridized carbons (Fsp3) is 0.357. The van der Waals surface area contributed by atoms with E-state index in [1.807, 2.05) is 13.8 Å². The van der Waals surface area contributed by atoms with Gasteiger partial charge in [-0.25, -0.2) is 0 Å². The van der Waals surface area contributed by atoms with E-state index in [1.165, 1.54) is 0 Å². The molecule has 0 saturated carbocycles. The van der Waals surface area contributed by atoms with Crippen LogP contribution in [0.4, 0.5) is 0 Å². The molecule has 0 saturated heterocycles. The first-order chi connectivity index (χ1) is 9.19. The molecule has 5 nitrogen and oxygen atoms in total. The van der Waals surface area contributed by atoms with Gasteiger partial charge in [-0.2, -0.15) is 5.10 Å². The van der Waals surface area contributed by atoms with Crippen LogP contribution in [0, 0.1) is 6.92 Å². The number of hydrogen-bond acceptors (Lipinski definition) is 4. The van der Waals surface area contributed by atoms with Crippen molar-refractivity contribution in [1.29, 1.82) is 0 Å². The molecule has 0 radical (unpaired) electrons. The van der Waals surface area contributed by atoms with E-state index >= 15 is 0 Å². The van der Waals surface area contributed by atoms with Crippen molar-refractivity contribution in [2.24, 2.45) is 0 Å². The largest absolute Gasteiger partial charge is 0.493 e. The first-order valence-electron chi connectivity index (χ1n) is 6.25. The van der Waals surface area contributed by atoms with E-state index < -0.39 is 0 Å². The van der Waals surface area contributed by atoms with Crippen molar-refractivity contribution in [3.63, 3.8) is 0 Å². The lowest BCUT2D eigenvalue weighted by atomic mass is 10.1. The number of aromatic nitrogens is 3. The third-order valence-electron chi connectivity index (χ3n) is 2.93. The van der Waals surface area contributed by atoms with Crippen LogP contribution in [0.25, 0.3) is 0 Å². The maximum absolute atomic E-state index is 12.6. The average molecular weight is 259 g/mol. The van der Waals surface area contributed by atoms with Crippen LogP contribution >= 0.6 is 0 Å². The molecule has 0 fully saturated rings. The van der Waals surface area contributed by atoms with Crippen LogP contribution in [-0.2, 0) is 6.54 Å². The van der Waals surface area contributed by atoms with Gasteiger partial charge in [0.15, 0.2) is 11.4 Å². The molecule has 2 heterocycles. The zero-order valence-electron chi connectivity index (χ0n) is 11.4. The number of methoxy groups -OCH3 is 1. The molecule has 5 heteroatoms. The number of ether oxygens (including phenoxy) is 1. The normalized spacial score (nSPS) is 10.5. The van der Waals surface area contributed by atoms with Gasteiger partial charge in [0, 0.05) is 24.0 Å². The summed E-state index contributed by atoms with van der Waals surface area (Å²) in [5.41, 5.74) is 1.78. The molecule has 2 aromatic heterocycles. The Morgan fingerprint density at radius 2 is 2.26 bits per heavy atom. The highest BCUT2D eigenvalue weighted by molar-refractivity contribution is 6.10. The molecule has 0 spiro atoms. The number of pyridine rings is 1. The van der Waals surface area contributed by atoms with Gasteiger partial charge in [-0.15, -0.1) is 0 Å². The summed E-state index contributed by atoms with van der Waals surface area (Å²) in [4.78, 5) is 16.8. The van der Waals surface area contributed by atoms with Gasteiger partial charge >= 0.3 is 0 Å². The van der Waals surface area contributed by atoms with Crippen LogP contribution in [0.3, 0.4) is 0 Å². The van der Waals surface area contributed by atoms with E-state index in [-0.39, 0.29) is 5.78 Å². The predicted octanol–water partition coefficient (Wildman–Crippen LogP) is 2.24. The first kappa shape index (κ1) is 13.3. The number of carbonyl (C=O) groups is 1. The van der Waals surface area contributed by atoms with Gasteiger partial charge in [-0.1, -0.05) is 6.92 Å². The van der Waals surface area contributed by atoms with E-state index in [4.69, 9.17) is 4.74 Å². The summed E-state index contributed by atoms with van der Waals surface area (Å²) >= 11 is 0. The lowest BCUT2D eigenvalue weighted by Gasteiger charge is -2.08. The molecule has 2 aromatic rings. The van der Waals surface area contributed by atoms with Crippen molar-refractivity contribution < 1.29 is 9.53 Å². The summed E-state index contributed by atoms with van der Waals surface area (Å²) in [5, 5.41) is 4.20. The standard InChI is InChI=1S/C14H17N3O2/c1-4-8-17-13(12(19-3)9-16-17)14(18)11-6-5-7-15-10(11)2/h5-7,9H,4,8H2,1-3H3. The topological polar surface area (TPSA) is 57.0 Å². The Kier molecular flexibility index (Phi) is 3.94. The summed E-state index contributed by atoms with van der Waals surface area (Å²) in [5.74, 6) is 0.398. The van der Waals surface area contributed by atoms with Crippen LogP contribution in [-0.4, -0.2) is 27.7 Å². The third-order valence-corrected chi connectivity index (χ3v) is 2.93. The molecule has 0 amide bonds. The highest BCUT2D eigenvalue weighted by Crippen LogP contribution is 2.22. The Labute approximate surface area is 112 Å². The Bertz CT molecular complexity index is 590. The van der Waals surface area contributed by atoms with Crippen LogP contribution in [0.1, 0.15) is 35.1 Å². The molecule has 100 valence electrons. The summed E-state index contributed by atoms with van der Waals surface area (Å²) in [6.45, 7) is 4.54.